The number of benzene rings is 2. The Hall–Kier alpha value is -3.31. The smallest absolute Gasteiger partial charge is 0.338 e. The molecule has 0 saturated heterocycles. The van der Waals surface area contributed by atoms with Gasteiger partial charge in [0.15, 0.2) is 18.4 Å². The van der Waals surface area contributed by atoms with Crippen molar-refractivity contribution in [3.8, 4) is 0 Å². The van der Waals surface area contributed by atoms with Crippen LogP contribution in [0.2, 0.25) is 0 Å². The fourth-order valence-electron chi connectivity index (χ4n) is 2.53. The minimum Gasteiger partial charge on any atom is -0.459 e. The molecule has 0 heterocycles. The van der Waals surface area contributed by atoms with Crippen molar-refractivity contribution in [2.45, 2.75) is 18.4 Å². The Labute approximate surface area is 184 Å². The second-order valence-corrected chi connectivity index (χ2v) is 8.02. The molecule has 32 heavy (non-hydrogen) atoms. The van der Waals surface area contributed by atoms with E-state index in [0.29, 0.717) is 6.21 Å². The highest BCUT2D eigenvalue weighted by Crippen LogP contribution is 2.18. The summed E-state index contributed by atoms with van der Waals surface area (Å²) in [5.41, 5.74) is 0.272. The molecule has 2 aromatic carbocycles. The normalized spacial score (nSPS) is 14.3. The maximum absolute atomic E-state index is 14.9. The lowest BCUT2D eigenvalue weighted by Crippen LogP contribution is -2.45. The van der Waals surface area contributed by atoms with Gasteiger partial charge in [0.1, 0.15) is 13.7 Å². The molecule has 0 fully saturated rings. The molecule has 0 amide bonds. The first-order valence-electron chi connectivity index (χ1n) is 9.28. The van der Waals surface area contributed by atoms with Gasteiger partial charge in [-0.25, -0.2) is 14.0 Å². The van der Waals surface area contributed by atoms with Gasteiger partial charge in [0.05, 0.1) is 23.6 Å². The van der Waals surface area contributed by atoms with E-state index in [4.69, 9.17) is 13.7 Å². The quantitative estimate of drug-likeness (QED) is 0.214. The molecule has 0 N–H and O–H groups in total. The van der Waals surface area contributed by atoms with Gasteiger partial charge in [0, 0.05) is 0 Å². The number of rotatable bonds is 11. The second-order valence-electron chi connectivity index (χ2n) is 6.42. The van der Waals surface area contributed by atoms with Crippen LogP contribution in [0.4, 0.5) is 4.39 Å². The molecule has 0 saturated carbocycles. The number of carbonyl (C=O) groups excluding carboxylic acids is 2. The third-order valence-electron chi connectivity index (χ3n) is 3.93. The molecular weight excluding hydrogens is 445 g/mol. The van der Waals surface area contributed by atoms with Gasteiger partial charge in [-0.3, -0.25) is 4.18 Å². The zero-order chi connectivity index (χ0) is 23.6. The topological polar surface area (TPSA) is 118 Å². The highest BCUT2D eigenvalue weighted by molar-refractivity contribution is 7.86. The maximum Gasteiger partial charge on any atom is 0.338 e. The molecule has 0 aliphatic rings. The Morgan fingerprint density at radius 3 is 2.03 bits per heavy atom. The van der Waals surface area contributed by atoms with Crippen LogP contribution in [-0.4, -0.2) is 64.9 Å². The van der Waals surface area contributed by atoms with E-state index in [1.165, 1.54) is 31.4 Å². The fraction of sp³-hybridized carbons (Fsp3) is 0.286. The summed E-state index contributed by atoms with van der Waals surface area (Å²) < 4.78 is 53.6. The lowest BCUT2D eigenvalue weighted by atomic mass is 10.1. The first kappa shape index (κ1) is 25.0. The van der Waals surface area contributed by atoms with Crippen molar-refractivity contribution in [2.75, 3.05) is 20.0 Å². The molecule has 0 unspecified atom stereocenters. The summed E-state index contributed by atoms with van der Waals surface area (Å²) in [7, 11) is -2.99. The lowest BCUT2D eigenvalue weighted by Gasteiger charge is -2.27. The van der Waals surface area contributed by atoms with Crippen molar-refractivity contribution in [3.05, 3.63) is 71.8 Å². The summed E-state index contributed by atoms with van der Waals surface area (Å²) in [5, 5.41) is 3.29. The number of ether oxygens (including phenoxy) is 2. The van der Waals surface area contributed by atoms with E-state index >= 15 is 0 Å². The summed E-state index contributed by atoms with van der Waals surface area (Å²) in [5.74, 6) is -1.75. The van der Waals surface area contributed by atoms with Gasteiger partial charge in [0.2, 0.25) is 0 Å². The summed E-state index contributed by atoms with van der Waals surface area (Å²) in [6, 6.07) is 15.5. The molecule has 9 nitrogen and oxygen atoms in total. The number of oxime groups is 1. The van der Waals surface area contributed by atoms with E-state index in [2.05, 4.69) is 9.99 Å². The van der Waals surface area contributed by atoms with Crippen LogP contribution in [0.25, 0.3) is 0 Å². The van der Waals surface area contributed by atoms with E-state index in [0.717, 1.165) is 6.26 Å². The summed E-state index contributed by atoms with van der Waals surface area (Å²) in [4.78, 5) is 29.2. The molecule has 2 aromatic rings. The highest BCUT2D eigenvalue weighted by Gasteiger charge is 2.37. The number of halogens is 1. The number of hydrogen-bond acceptors (Lipinski definition) is 9. The van der Waals surface area contributed by atoms with Gasteiger partial charge in [-0.05, 0) is 24.3 Å². The summed E-state index contributed by atoms with van der Waals surface area (Å²) in [6.07, 6.45) is -4.29. The van der Waals surface area contributed by atoms with Crippen molar-refractivity contribution in [1.82, 2.24) is 0 Å². The van der Waals surface area contributed by atoms with E-state index in [1.54, 1.807) is 36.4 Å². The number of hydrogen-bond donors (Lipinski definition) is 0. The Bertz CT molecular complexity index is 1010. The average Bonchev–Trinajstić information content (AvgIpc) is 2.78. The first-order chi connectivity index (χ1) is 15.2. The first-order valence-corrected chi connectivity index (χ1v) is 11.1. The standard InChI is InChI=1S/C21H22FNO8S/c1-28-23-13-17(22)19(30-21(25)16-11-7-4-8-12-16)18(31-32(2,26)27)14-29-20(24)15-9-5-3-6-10-15/h3-13,17-19H,14H2,1-2H3/t17-,18-,19+/m1/s1. The van der Waals surface area contributed by atoms with Crippen LogP contribution in [-0.2, 0) is 28.6 Å². The predicted molar refractivity (Wildman–Crippen MR) is 112 cm³/mol. The molecule has 0 spiro atoms. The van der Waals surface area contributed by atoms with Crippen molar-refractivity contribution in [3.63, 3.8) is 0 Å². The van der Waals surface area contributed by atoms with Gasteiger partial charge in [-0.1, -0.05) is 41.6 Å². The van der Waals surface area contributed by atoms with Crippen LogP contribution in [0.1, 0.15) is 20.7 Å². The molecule has 2 rings (SSSR count). The zero-order valence-electron chi connectivity index (χ0n) is 17.3. The molecule has 0 bridgehead atoms. The highest BCUT2D eigenvalue weighted by atomic mass is 32.2. The molecule has 172 valence electrons. The van der Waals surface area contributed by atoms with Crippen LogP contribution in [0, 0.1) is 0 Å². The number of esters is 2. The Morgan fingerprint density at radius 2 is 1.53 bits per heavy atom. The van der Waals surface area contributed by atoms with Crippen LogP contribution in [0.5, 0.6) is 0 Å². The van der Waals surface area contributed by atoms with E-state index in [1.807, 2.05) is 0 Å². The van der Waals surface area contributed by atoms with E-state index in [-0.39, 0.29) is 11.1 Å². The summed E-state index contributed by atoms with van der Waals surface area (Å²) in [6.45, 7) is -0.727. The Morgan fingerprint density at radius 1 is 1.00 bits per heavy atom. The second kappa shape index (κ2) is 11.9. The number of nitrogens with zero attached hydrogens (tertiary/aromatic N) is 1. The molecular formula is C21H22FNO8S. The minimum absolute atomic E-state index is 0.0905. The number of carbonyl (C=O) groups is 2. The average molecular weight is 467 g/mol. The van der Waals surface area contributed by atoms with Crippen LogP contribution >= 0.6 is 0 Å². The molecule has 0 aromatic heterocycles. The van der Waals surface area contributed by atoms with Crippen LogP contribution < -0.4 is 0 Å². The molecule has 0 aliphatic heterocycles. The predicted octanol–water partition coefficient (Wildman–Crippen LogP) is 2.38. The fourth-order valence-corrected chi connectivity index (χ4v) is 3.15. The van der Waals surface area contributed by atoms with Gasteiger partial charge >= 0.3 is 11.9 Å². The third-order valence-corrected chi connectivity index (χ3v) is 4.52. The number of alkyl halides is 1. The Balaban J connectivity index is 2.29. The van der Waals surface area contributed by atoms with Gasteiger partial charge in [-0.15, -0.1) is 0 Å². The molecule has 0 radical (unpaired) electrons. The van der Waals surface area contributed by atoms with Gasteiger partial charge < -0.3 is 14.3 Å². The van der Waals surface area contributed by atoms with Crippen molar-refractivity contribution in [1.29, 1.82) is 0 Å². The van der Waals surface area contributed by atoms with Crippen LogP contribution in [0.3, 0.4) is 0 Å². The SMILES string of the molecule is CON=C[C@@H](F)[C@H](OC(=O)c1ccccc1)[C@@H](COC(=O)c1ccccc1)OS(C)(=O)=O. The van der Waals surface area contributed by atoms with Crippen molar-refractivity contribution < 1.29 is 40.9 Å². The van der Waals surface area contributed by atoms with Crippen molar-refractivity contribution >= 4 is 28.3 Å². The monoisotopic (exact) mass is 467 g/mol. The van der Waals surface area contributed by atoms with Gasteiger partial charge in [-0.2, -0.15) is 8.42 Å². The van der Waals surface area contributed by atoms with E-state index in [9.17, 15) is 22.4 Å². The zero-order valence-corrected chi connectivity index (χ0v) is 18.1. The molecule has 0 aliphatic carbocycles. The van der Waals surface area contributed by atoms with Gasteiger partial charge in [0.25, 0.3) is 10.1 Å². The molecule has 3 atom stereocenters. The van der Waals surface area contributed by atoms with Crippen molar-refractivity contribution in [2.24, 2.45) is 5.16 Å². The molecule has 11 heteroatoms. The largest absolute Gasteiger partial charge is 0.459 e. The maximum atomic E-state index is 14.9. The summed E-state index contributed by atoms with van der Waals surface area (Å²) >= 11 is 0. The third kappa shape index (κ3) is 8.08. The lowest BCUT2D eigenvalue weighted by molar-refractivity contribution is -0.0475. The van der Waals surface area contributed by atoms with E-state index < -0.39 is 47.0 Å². The van der Waals surface area contributed by atoms with Crippen LogP contribution in [0.15, 0.2) is 65.8 Å². The minimum atomic E-state index is -4.16. The Kier molecular flexibility index (Phi) is 9.29.